The summed E-state index contributed by atoms with van der Waals surface area (Å²) < 4.78 is 12.4. The third-order valence-corrected chi connectivity index (χ3v) is 4.86. The topological polar surface area (TPSA) is 18.5 Å². The third kappa shape index (κ3) is 3.19. The molecule has 0 N–H and O–H groups in total. The van der Waals surface area contributed by atoms with Gasteiger partial charge in [-0.25, -0.2) is 0 Å². The van der Waals surface area contributed by atoms with E-state index in [1.54, 1.807) is 0 Å². The van der Waals surface area contributed by atoms with E-state index >= 15 is 0 Å². The van der Waals surface area contributed by atoms with Crippen LogP contribution in [0.5, 0.6) is 0 Å². The lowest BCUT2D eigenvalue weighted by Crippen LogP contribution is -2.41. The van der Waals surface area contributed by atoms with Crippen molar-refractivity contribution in [3.8, 4) is 0 Å². The van der Waals surface area contributed by atoms with E-state index in [0.717, 1.165) is 5.46 Å². The van der Waals surface area contributed by atoms with Crippen molar-refractivity contribution < 1.29 is 9.31 Å². The van der Waals surface area contributed by atoms with Crippen LogP contribution in [0.3, 0.4) is 0 Å². The molecule has 1 saturated heterocycles. The van der Waals surface area contributed by atoms with E-state index < -0.39 is 0 Å². The zero-order chi connectivity index (χ0) is 16.0. The van der Waals surface area contributed by atoms with E-state index in [0.29, 0.717) is 11.8 Å². The van der Waals surface area contributed by atoms with Gasteiger partial charge in [0, 0.05) is 0 Å². The molecule has 0 aliphatic carbocycles. The first-order chi connectivity index (χ1) is 9.53. The Hall–Kier alpha value is -0.795. The Kier molecular flexibility index (Phi) is 4.29. The van der Waals surface area contributed by atoms with Crippen molar-refractivity contribution in [2.24, 2.45) is 0 Å². The second-order valence-electron chi connectivity index (χ2n) is 7.83. The van der Waals surface area contributed by atoms with Gasteiger partial charge in [0.1, 0.15) is 0 Å². The average Bonchev–Trinajstić information content (AvgIpc) is 2.58. The van der Waals surface area contributed by atoms with Crippen molar-refractivity contribution in [1.29, 1.82) is 0 Å². The minimum absolute atomic E-state index is 0.272. The first-order valence-corrected chi connectivity index (χ1v) is 8.04. The Labute approximate surface area is 130 Å². The van der Waals surface area contributed by atoms with Crippen LogP contribution in [-0.2, 0) is 9.31 Å². The van der Waals surface area contributed by atoms with Crippen LogP contribution in [-0.4, -0.2) is 18.3 Å². The minimum Gasteiger partial charge on any atom is -0.399 e. The van der Waals surface area contributed by atoms with Crippen molar-refractivity contribution in [1.82, 2.24) is 0 Å². The highest BCUT2D eigenvalue weighted by Gasteiger charge is 2.51. The molecule has 3 heteroatoms. The van der Waals surface area contributed by atoms with E-state index in [9.17, 15) is 0 Å². The molecule has 0 saturated carbocycles. The van der Waals surface area contributed by atoms with Gasteiger partial charge in [0.15, 0.2) is 0 Å². The van der Waals surface area contributed by atoms with Gasteiger partial charge in [0.2, 0.25) is 0 Å². The molecule has 1 aromatic rings. The summed E-state index contributed by atoms with van der Waals surface area (Å²) in [6, 6.07) is 6.78. The molecule has 1 aliphatic heterocycles. The molecule has 116 valence electrons. The highest BCUT2D eigenvalue weighted by molar-refractivity contribution is 6.62. The number of hydrogen-bond acceptors (Lipinski definition) is 2. The zero-order valence-electron chi connectivity index (χ0n) is 14.8. The van der Waals surface area contributed by atoms with Crippen molar-refractivity contribution in [3.63, 3.8) is 0 Å². The first-order valence-electron chi connectivity index (χ1n) is 8.04. The van der Waals surface area contributed by atoms with Crippen LogP contribution >= 0.6 is 0 Å². The lowest BCUT2D eigenvalue weighted by Gasteiger charge is -2.32. The van der Waals surface area contributed by atoms with E-state index in [2.05, 4.69) is 73.6 Å². The van der Waals surface area contributed by atoms with Gasteiger partial charge in [-0.1, -0.05) is 45.9 Å². The van der Waals surface area contributed by atoms with Gasteiger partial charge in [0.25, 0.3) is 0 Å². The molecule has 0 unspecified atom stereocenters. The fourth-order valence-electron chi connectivity index (χ4n) is 2.48. The molecular weight excluding hydrogens is 259 g/mol. The zero-order valence-corrected chi connectivity index (χ0v) is 14.8. The summed E-state index contributed by atoms with van der Waals surface area (Å²) in [5, 5.41) is 0. The quantitative estimate of drug-likeness (QED) is 0.775. The van der Waals surface area contributed by atoms with Crippen LogP contribution in [0.2, 0.25) is 0 Å². The van der Waals surface area contributed by atoms with Crippen molar-refractivity contribution in [3.05, 3.63) is 29.3 Å². The van der Waals surface area contributed by atoms with Crippen molar-refractivity contribution >= 4 is 12.6 Å². The Balaban J connectivity index is 2.41. The normalized spacial score (nSPS) is 20.6. The Morgan fingerprint density at radius 1 is 0.762 bits per heavy atom. The van der Waals surface area contributed by atoms with Crippen molar-refractivity contribution in [2.75, 3.05) is 0 Å². The molecule has 0 spiro atoms. The molecule has 0 atom stereocenters. The van der Waals surface area contributed by atoms with Crippen LogP contribution in [0.15, 0.2) is 18.2 Å². The molecule has 2 rings (SSSR count). The molecule has 2 nitrogen and oxygen atoms in total. The highest BCUT2D eigenvalue weighted by atomic mass is 16.7. The van der Waals surface area contributed by atoms with E-state index in [1.807, 2.05) is 0 Å². The Morgan fingerprint density at radius 2 is 1.14 bits per heavy atom. The predicted molar refractivity (Wildman–Crippen MR) is 90.3 cm³/mol. The largest absolute Gasteiger partial charge is 0.494 e. The van der Waals surface area contributed by atoms with Gasteiger partial charge in [0.05, 0.1) is 11.2 Å². The van der Waals surface area contributed by atoms with Gasteiger partial charge in [-0.05, 0) is 56.1 Å². The van der Waals surface area contributed by atoms with Gasteiger partial charge < -0.3 is 9.31 Å². The fraction of sp³-hybridized carbons (Fsp3) is 0.667. The first kappa shape index (κ1) is 16.6. The van der Waals surface area contributed by atoms with Crippen LogP contribution in [0.25, 0.3) is 0 Å². The maximum absolute atomic E-state index is 6.20. The van der Waals surface area contributed by atoms with Gasteiger partial charge in [-0.15, -0.1) is 0 Å². The van der Waals surface area contributed by atoms with Crippen LogP contribution in [0, 0.1) is 0 Å². The number of benzene rings is 1. The molecule has 1 aromatic carbocycles. The summed E-state index contributed by atoms with van der Waals surface area (Å²) in [5.41, 5.74) is 3.27. The van der Waals surface area contributed by atoms with E-state index in [-0.39, 0.29) is 18.3 Å². The SMILES string of the molecule is CC(C)c1cc(B2OC(C)(C)C(C)(C)O2)cc(C(C)C)c1. The standard InChI is InChI=1S/C18H29BO2/c1-12(2)14-9-15(13(3)4)11-16(10-14)19-20-17(5,6)18(7,8)21-19/h9-13H,1-8H3. The lowest BCUT2D eigenvalue weighted by molar-refractivity contribution is 0.00578. The predicted octanol–water partition coefficient (Wildman–Crippen LogP) is 4.23. The summed E-state index contributed by atoms with van der Waals surface area (Å²) >= 11 is 0. The number of rotatable bonds is 3. The molecule has 1 aliphatic rings. The van der Waals surface area contributed by atoms with Crippen molar-refractivity contribution in [2.45, 2.75) is 78.4 Å². The van der Waals surface area contributed by atoms with Gasteiger partial charge in [-0.2, -0.15) is 0 Å². The van der Waals surface area contributed by atoms with E-state index in [4.69, 9.17) is 9.31 Å². The Morgan fingerprint density at radius 3 is 1.48 bits per heavy atom. The van der Waals surface area contributed by atoms with Gasteiger partial charge >= 0.3 is 7.12 Å². The van der Waals surface area contributed by atoms with Crippen LogP contribution in [0.1, 0.15) is 78.4 Å². The summed E-state index contributed by atoms with van der Waals surface area (Å²) in [5.74, 6) is 1.01. The lowest BCUT2D eigenvalue weighted by atomic mass is 9.75. The van der Waals surface area contributed by atoms with Crippen LogP contribution < -0.4 is 5.46 Å². The third-order valence-electron chi connectivity index (χ3n) is 4.86. The molecular formula is C18H29BO2. The fourth-order valence-corrected chi connectivity index (χ4v) is 2.48. The second kappa shape index (κ2) is 5.44. The summed E-state index contributed by atoms with van der Waals surface area (Å²) in [6.07, 6.45) is 0. The highest BCUT2D eigenvalue weighted by Crippen LogP contribution is 2.36. The summed E-state index contributed by atoms with van der Waals surface area (Å²) in [6.45, 7) is 17.3. The minimum atomic E-state index is -0.288. The molecule has 1 fully saturated rings. The molecule has 0 aromatic heterocycles. The maximum atomic E-state index is 6.20. The number of hydrogen-bond donors (Lipinski definition) is 0. The smallest absolute Gasteiger partial charge is 0.399 e. The summed E-state index contributed by atoms with van der Waals surface area (Å²) in [7, 11) is -0.272. The molecule has 0 amide bonds. The summed E-state index contributed by atoms with van der Waals surface area (Å²) in [4.78, 5) is 0. The monoisotopic (exact) mass is 288 g/mol. The molecule has 0 radical (unpaired) electrons. The molecule has 0 bridgehead atoms. The second-order valence-corrected chi connectivity index (χ2v) is 7.83. The van der Waals surface area contributed by atoms with Crippen LogP contribution in [0.4, 0.5) is 0 Å². The van der Waals surface area contributed by atoms with Gasteiger partial charge in [-0.3, -0.25) is 0 Å². The maximum Gasteiger partial charge on any atom is 0.494 e. The molecule has 21 heavy (non-hydrogen) atoms. The Bertz CT molecular complexity index is 476. The average molecular weight is 288 g/mol. The van der Waals surface area contributed by atoms with E-state index in [1.165, 1.54) is 11.1 Å². The molecule has 1 heterocycles.